The molecule has 0 saturated heterocycles. The number of primary amides is 2. The molecular formula is C34H28FN3O5. The summed E-state index contributed by atoms with van der Waals surface area (Å²) in [7, 11) is 0. The summed E-state index contributed by atoms with van der Waals surface area (Å²) in [5.74, 6) is -1.28. The molecule has 5 N–H and O–H groups in total. The van der Waals surface area contributed by atoms with Gasteiger partial charge in [0.1, 0.15) is 22.9 Å². The van der Waals surface area contributed by atoms with E-state index in [4.69, 9.17) is 20.6 Å². The molecular weight excluding hydrogens is 549 g/mol. The van der Waals surface area contributed by atoms with Gasteiger partial charge in [-0.2, -0.15) is 0 Å². The number of benzene rings is 4. The molecule has 5 aromatic rings. The van der Waals surface area contributed by atoms with Crippen LogP contribution in [-0.2, 0) is 16.8 Å². The Morgan fingerprint density at radius 2 is 1.65 bits per heavy atom. The largest absolute Gasteiger partial charge is 0.483 e. The van der Waals surface area contributed by atoms with Crippen molar-refractivity contribution in [1.29, 1.82) is 0 Å². The van der Waals surface area contributed by atoms with Crippen molar-refractivity contribution in [2.24, 2.45) is 11.5 Å². The molecule has 0 bridgehead atoms. The molecule has 1 aliphatic rings. The lowest BCUT2D eigenvalue weighted by Gasteiger charge is -2.19. The third-order valence-electron chi connectivity index (χ3n) is 7.64. The van der Waals surface area contributed by atoms with Gasteiger partial charge in [-0.3, -0.25) is 14.4 Å². The fourth-order valence-electron chi connectivity index (χ4n) is 5.33. The standard InChI is InChI=1S/C34H28FN3O5/c35-24-10-6-20(7-11-24)16-29-31(32(37)40)26-17-21(8-13-28(26)43-29)25-18-22(9-12-27(25)42-19-30(36)39)33(41)38-34(14-15-34)23-4-2-1-3-5-23/h1-13,17-18H,14-16,19H2,(H2,36,39)(H2,37,40)(H,38,41). The van der Waals surface area contributed by atoms with Crippen molar-refractivity contribution in [1.82, 2.24) is 5.32 Å². The number of nitrogens with two attached hydrogens (primary N) is 2. The summed E-state index contributed by atoms with van der Waals surface area (Å²) < 4.78 is 25.1. The summed E-state index contributed by atoms with van der Waals surface area (Å²) in [6.07, 6.45) is 1.90. The van der Waals surface area contributed by atoms with Gasteiger partial charge in [0.15, 0.2) is 6.61 Å². The molecule has 1 aromatic heterocycles. The quantitative estimate of drug-likeness (QED) is 0.209. The van der Waals surface area contributed by atoms with Gasteiger partial charge in [0.05, 0.1) is 11.1 Å². The van der Waals surface area contributed by atoms with Gasteiger partial charge >= 0.3 is 0 Å². The topological polar surface area (TPSA) is 138 Å². The van der Waals surface area contributed by atoms with Crippen LogP contribution in [0.1, 0.15) is 50.4 Å². The number of halogens is 1. The number of ether oxygens (including phenoxy) is 1. The highest BCUT2D eigenvalue weighted by Gasteiger charge is 2.45. The average Bonchev–Trinajstić information content (AvgIpc) is 3.69. The number of hydrogen-bond acceptors (Lipinski definition) is 5. The van der Waals surface area contributed by atoms with Gasteiger partial charge in [-0.25, -0.2) is 4.39 Å². The van der Waals surface area contributed by atoms with Gasteiger partial charge in [0, 0.05) is 22.9 Å². The molecule has 0 radical (unpaired) electrons. The van der Waals surface area contributed by atoms with E-state index in [-0.39, 0.29) is 30.3 Å². The molecule has 1 saturated carbocycles. The van der Waals surface area contributed by atoms with Gasteiger partial charge < -0.3 is 25.9 Å². The number of rotatable bonds is 10. The van der Waals surface area contributed by atoms with E-state index in [1.54, 1.807) is 48.5 Å². The van der Waals surface area contributed by atoms with Crippen LogP contribution in [0.3, 0.4) is 0 Å². The highest BCUT2D eigenvalue weighted by atomic mass is 19.1. The number of hydrogen-bond donors (Lipinski definition) is 3. The lowest BCUT2D eigenvalue weighted by atomic mass is 9.97. The molecule has 1 aliphatic carbocycles. The van der Waals surface area contributed by atoms with E-state index in [2.05, 4.69) is 5.32 Å². The Balaban J connectivity index is 1.38. The van der Waals surface area contributed by atoms with Crippen molar-refractivity contribution in [2.75, 3.05) is 6.61 Å². The lowest BCUT2D eigenvalue weighted by molar-refractivity contribution is -0.119. The SMILES string of the molecule is NC(=O)COc1ccc(C(=O)NC2(c3ccccc3)CC2)cc1-c1ccc2oc(Cc3ccc(F)cc3)c(C(N)=O)c2c1. The van der Waals surface area contributed by atoms with Crippen molar-refractivity contribution in [2.45, 2.75) is 24.8 Å². The van der Waals surface area contributed by atoms with E-state index < -0.39 is 17.4 Å². The van der Waals surface area contributed by atoms with Gasteiger partial charge in [-0.05, 0) is 72.0 Å². The smallest absolute Gasteiger partial charge is 0.255 e. The molecule has 0 unspecified atom stereocenters. The summed E-state index contributed by atoms with van der Waals surface area (Å²) in [4.78, 5) is 37.6. The van der Waals surface area contributed by atoms with Crippen LogP contribution in [0.5, 0.6) is 5.75 Å². The maximum Gasteiger partial charge on any atom is 0.255 e. The van der Waals surface area contributed by atoms with Gasteiger partial charge in [0.2, 0.25) is 0 Å². The number of fused-ring (bicyclic) bond motifs is 1. The van der Waals surface area contributed by atoms with Crippen molar-refractivity contribution in [3.63, 3.8) is 0 Å². The van der Waals surface area contributed by atoms with Crippen LogP contribution < -0.4 is 21.5 Å². The Hall–Kier alpha value is -5.44. The predicted molar refractivity (Wildman–Crippen MR) is 159 cm³/mol. The first kappa shape index (κ1) is 27.7. The Bertz CT molecular complexity index is 1860. The fraction of sp³-hybridized carbons (Fsp3) is 0.147. The molecule has 4 aromatic carbocycles. The summed E-state index contributed by atoms with van der Waals surface area (Å²) in [5, 5.41) is 3.65. The summed E-state index contributed by atoms with van der Waals surface area (Å²) in [5.41, 5.74) is 14.6. The summed E-state index contributed by atoms with van der Waals surface area (Å²) in [6.45, 7) is -0.363. The molecule has 43 heavy (non-hydrogen) atoms. The Morgan fingerprint density at radius 3 is 2.33 bits per heavy atom. The minimum absolute atomic E-state index is 0.202. The van der Waals surface area contributed by atoms with Crippen LogP contribution in [0.2, 0.25) is 0 Å². The Kier molecular flexibility index (Phi) is 7.15. The summed E-state index contributed by atoms with van der Waals surface area (Å²) >= 11 is 0. The lowest BCUT2D eigenvalue weighted by Crippen LogP contribution is -2.34. The minimum Gasteiger partial charge on any atom is -0.483 e. The van der Waals surface area contributed by atoms with E-state index >= 15 is 0 Å². The maximum absolute atomic E-state index is 13.5. The Morgan fingerprint density at radius 1 is 0.907 bits per heavy atom. The van der Waals surface area contributed by atoms with Gasteiger partial charge in [0.25, 0.3) is 17.7 Å². The fourth-order valence-corrected chi connectivity index (χ4v) is 5.33. The zero-order valence-corrected chi connectivity index (χ0v) is 23.1. The molecule has 0 atom stereocenters. The number of amides is 3. The van der Waals surface area contributed by atoms with E-state index in [9.17, 15) is 18.8 Å². The van der Waals surface area contributed by atoms with E-state index in [1.165, 1.54) is 12.1 Å². The highest BCUT2D eigenvalue weighted by Crippen LogP contribution is 2.45. The molecule has 6 rings (SSSR count). The molecule has 216 valence electrons. The summed E-state index contributed by atoms with van der Waals surface area (Å²) in [6, 6.07) is 25.8. The first-order chi connectivity index (χ1) is 20.7. The van der Waals surface area contributed by atoms with Crippen LogP contribution in [0, 0.1) is 5.82 Å². The first-order valence-electron chi connectivity index (χ1n) is 13.8. The minimum atomic E-state index is -0.679. The average molecular weight is 578 g/mol. The normalized spacial score (nSPS) is 13.4. The van der Waals surface area contributed by atoms with Crippen molar-refractivity contribution >= 4 is 28.7 Å². The van der Waals surface area contributed by atoms with E-state index in [1.807, 2.05) is 30.3 Å². The zero-order valence-electron chi connectivity index (χ0n) is 23.1. The number of carbonyl (C=O) groups excluding carboxylic acids is 3. The monoisotopic (exact) mass is 577 g/mol. The molecule has 0 spiro atoms. The van der Waals surface area contributed by atoms with Crippen molar-refractivity contribution in [3.8, 4) is 16.9 Å². The Labute approximate surface area is 246 Å². The van der Waals surface area contributed by atoms with Gasteiger partial charge in [-0.15, -0.1) is 0 Å². The van der Waals surface area contributed by atoms with Crippen molar-refractivity contribution in [3.05, 3.63) is 125 Å². The molecule has 8 nitrogen and oxygen atoms in total. The van der Waals surface area contributed by atoms with Crippen LogP contribution in [0.15, 0.2) is 95.4 Å². The van der Waals surface area contributed by atoms with E-state index in [0.717, 1.165) is 24.0 Å². The number of carbonyl (C=O) groups is 3. The van der Waals surface area contributed by atoms with Crippen LogP contribution in [0.4, 0.5) is 4.39 Å². The zero-order chi connectivity index (χ0) is 30.1. The first-order valence-corrected chi connectivity index (χ1v) is 13.8. The highest BCUT2D eigenvalue weighted by molar-refractivity contribution is 6.08. The van der Waals surface area contributed by atoms with Crippen molar-refractivity contribution < 1.29 is 27.9 Å². The third kappa shape index (κ3) is 5.70. The second kappa shape index (κ2) is 11.1. The van der Waals surface area contributed by atoms with E-state index in [0.29, 0.717) is 39.2 Å². The maximum atomic E-state index is 13.5. The second-order valence-electron chi connectivity index (χ2n) is 10.6. The molecule has 3 amide bonds. The second-order valence-corrected chi connectivity index (χ2v) is 10.6. The van der Waals surface area contributed by atoms with Gasteiger partial charge in [-0.1, -0.05) is 48.5 Å². The number of nitrogens with one attached hydrogen (secondary N) is 1. The number of furan rings is 1. The molecule has 1 heterocycles. The predicted octanol–water partition coefficient (Wildman–Crippen LogP) is 5.21. The molecule has 1 fully saturated rings. The molecule has 0 aliphatic heterocycles. The van der Waals surface area contributed by atoms with Crippen LogP contribution in [-0.4, -0.2) is 24.3 Å². The molecule has 9 heteroatoms. The van der Waals surface area contributed by atoms with Crippen LogP contribution >= 0.6 is 0 Å². The van der Waals surface area contributed by atoms with Crippen LogP contribution in [0.25, 0.3) is 22.1 Å². The third-order valence-corrected chi connectivity index (χ3v) is 7.64.